The molecule has 0 radical (unpaired) electrons. The van der Waals surface area contributed by atoms with Crippen molar-refractivity contribution in [1.29, 1.82) is 0 Å². The lowest BCUT2D eigenvalue weighted by atomic mass is 9.67. The van der Waals surface area contributed by atoms with Gasteiger partial charge in [-0.1, -0.05) is 40.0 Å². The minimum atomic E-state index is 0.00113. The van der Waals surface area contributed by atoms with Gasteiger partial charge in [0.1, 0.15) is 0 Å². The van der Waals surface area contributed by atoms with E-state index in [1.165, 1.54) is 44.9 Å². The molecular formula is C16H30O. The quantitative estimate of drug-likeness (QED) is 0.773. The summed E-state index contributed by atoms with van der Waals surface area (Å²) in [6.07, 6.45) is 10.4. The highest BCUT2D eigenvalue weighted by molar-refractivity contribution is 4.84. The van der Waals surface area contributed by atoms with Gasteiger partial charge in [0.05, 0.1) is 6.10 Å². The molecule has 2 aliphatic carbocycles. The van der Waals surface area contributed by atoms with E-state index in [9.17, 15) is 5.11 Å². The van der Waals surface area contributed by atoms with E-state index >= 15 is 0 Å². The van der Waals surface area contributed by atoms with Crippen molar-refractivity contribution < 1.29 is 5.11 Å². The van der Waals surface area contributed by atoms with E-state index < -0.39 is 0 Å². The van der Waals surface area contributed by atoms with Crippen LogP contribution in [0.1, 0.15) is 72.1 Å². The van der Waals surface area contributed by atoms with Crippen molar-refractivity contribution in [2.24, 2.45) is 23.2 Å². The Hall–Kier alpha value is -0.0400. The second kappa shape index (κ2) is 5.30. The van der Waals surface area contributed by atoms with Crippen molar-refractivity contribution in [2.45, 2.75) is 78.2 Å². The van der Waals surface area contributed by atoms with E-state index in [1.807, 2.05) is 0 Å². The summed E-state index contributed by atoms with van der Waals surface area (Å²) in [5.74, 6) is 2.33. The molecule has 0 saturated heterocycles. The first-order valence-corrected chi connectivity index (χ1v) is 7.65. The Bertz CT molecular complexity index is 228. The molecule has 100 valence electrons. The summed E-state index contributed by atoms with van der Waals surface area (Å²) >= 11 is 0. The number of aliphatic hydroxyl groups is 1. The van der Waals surface area contributed by atoms with Crippen LogP contribution in [0.15, 0.2) is 0 Å². The Morgan fingerprint density at radius 1 is 1.00 bits per heavy atom. The molecule has 0 aromatic carbocycles. The van der Waals surface area contributed by atoms with E-state index in [-0.39, 0.29) is 6.10 Å². The molecule has 1 nitrogen and oxygen atoms in total. The van der Waals surface area contributed by atoms with Crippen LogP contribution in [0.3, 0.4) is 0 Å². The predicted molar refractivity (Wildman–Crippen MR) is 72.9 cm³/mol. The van der Waals surface area contributed by atoms with E-state index in [2.05, 4.69) is 20.8 Å². The average molecular weight is 238 g/mol. The summed E-state index contributed by atoms with van der Waals surface area (Å²) in [5.41, 5.74) is 0.462. The van der Waals surface area contributed by atoms with Crippen molar-refractivity contribution in [2.75, 3.05) is 0 Å². The van der Waals surface area contributed by atoms with Crippen LogP contribution in [-0.2, 0) is 0 Å². The third-order valence-electron chi connectivity index (χ3n) is 5.34. The molecule has 1 unspecified atom stereocenters. The van der Waals surface area contributed by atoms with Crippen molar-refractivity contribution in [1.82, 2.24) is 0 Å². The average Bonchev–Trinajstić information content (AvgIpc) is 2.22. The molecule has 0 aliphatic heterocycles. The largest absolute Gasteiger partial charge is 0.393 e. The lowest BCUT2D eigenvalue weighted by molar-refractivity contribution is 0.0283. The van der Waals surface area contributed by atoms with Gasteiger partial charge < -0.3 is 5.11 Å². The van der Waals surface area contributed by atoms with E-state index in [1.54, 1.807) is 0 Å². The Morgan fingerprint density at radius 3 is 2.00 bits per heavy atom. The zero-order chi connectivity index (χ0) is 12.5. The van der Waals surface area contributed by atoms with Crippen LogP contribution in [0.2, 0.25) is 0 Å². The normalized spacial score (nSPS) is 33.2. The highest BCUT2D eigenvalue weighted by Crippen LogP contribution is 2.42. The molecule has 0 aromatic heterocycles. The summed E-state index contributed by atoms with van der Waals surface area (Å²) in [6, 6.07) is 0. The summed E-state index contributed by atoms with van der Waals surface area (Å²) in [4.78, 5) is 0. The molecule has 0 heterocycles. The Morgan fingerprint density at radius 2 is 1.59 bits per heavy atom. The minimum absolute atomic E-state index is 0.00113. The molecule has 2 rings (SSSR count). The van der Waals surface area contributed by atoms with Gasteiger partial charge in [0.2, 0.25) is 0 Å². The fraction of sp³-hybridized carbons (Fsp3) is 1.00. The second-order valence-corrected chi connectivity index (χ2v) is 7.58. The third-order valence-corrected chi connectivity index (χ3v) is 5.34. The molecule has 2 aliphatic rings. The smallest absolute Gasteiger partial charge is 0.0571 e. The van der Waals surface area contributed by atoms with E-state index in [0.29, 0.717) is 11.3 Å². The lowest BCUT2D eigenvalue weighted by Crippen LogP contribution is -2.32. The fourth-order valence-corrected chi connectivity index (χ4v) is 3.63. The number of rotatable bonds is 3. The van der Waals surface area contributed by atoms with Crippen LogP contribution in [0, 0.1) is 23.2 Å². The van der Waals surface area contributed by atoms with Crippen LogP contribution in [0.4, 0.5) is 0 Å². The first-order valence-electron chi connectivity index (χ1n) is 7.65. The maximum absolute atomic E-state index is 10.3. The van der Waals surface area contributed by atoms with E-state index in [0.717, 1.165) is 18.3 Å². The Balaban J connectivity index is 1.74. The molecule has 0 amide bonds. The first-order chi connectivity index (χ1) is 7.97. The molecule has 1 N–H and O–H groups in total. The summed E-state index contributed by atoms with van der Waals surface area (Å²) in [5, 5.41) is 10.3. The number of hydrogen-bond donors (Lipinski definition) is 1. The fourth-order valence-electron chi connectivity index (χ4n) is 3.63. The standard InChI is InChI=1S/C16H30O/c1-16(2,3)14-9-7-13(8-10-14)15(17)11-12-5-4-6-12/h12-15,17H,4-11H2,1-3H3. The van der Waals surface area contributed by atoms with Crippen LogP contribution in [0.25, 0.3) is 0 Å². The van der Waals surface area contributed by atoms with Gasteiger partial charge in [0.25, 0.3) is 0 Å². The van der Waals surface area contributed by atoms with Gasteiger partial charge >= 0.3 is 0 Å². The summed E-state index contributed by atoms with van der Waals surface area (Å²) in [7, 11) is 0. The second-order valence-electron chi connectivity index (χ2n) is 7.58. The monoisotopic (exact) mass is 238 g/mol. The van der Waals surface area contributed by atoms with Gasteiger partial charge in [-0.25, -0.2) is 0 Å². The first kappa shape index (κ1) is 13.4. The molecule has 17 heavy (non-hydrogen) atoms. The summed E-state index contributed by atoms with van der Waals surface area (Å²) < 4.78 is 0. The predicted octanol–water partition coefficient (Wildman–Crippen LogP) is 4.39. The van der Waals surface area contributed by atoms with Crippen LogP contribution < -0.4 is 0 Å². The van der Waals surface area contributed by atoms with E-state index in [4.69, 9.17) is 0 Å². The molecule has 1 atom stereocenters. The molecule has 2 saturated carbocycles. The third kappa shape index (κ3) is 3.47. The Labute approximate surface area is 107 Å². The molecule has 2 fully saturated rings. The van der Waals surface area contributed by atoms with Gasteiger partial charge in [-0.15, -0.1) is 0 Å². The minimum Gasteiger partial charge on any atom is -0.393 e. The molecular weight excluding hydrogens is 208 g/mol. The highest BCUT2D eigenvalue weighted by atomic mass is 16.3. The molecule has 0 bridgehead atoms. The Kier molecular flexibility index (Phi) is 4.18. The zero-order valence-corrected chi connectivity index (χ0v) is 11.9. The van der Waals surface area contributed by atoms with Crippen molar-refractivity contribution >= 4 is 0 Å². The van der Waals surface area contributed by atoms with Gasteiger partial charge in [0.15, 0.2) is 0 Å². The van der Waals surface area contributed by atoms with Crippen molar-refractivity contribution in [3.05, 3.63) is 0 Å². The molecule has 1 heteroatoms. The van der Waals surface area contributed by atoms with Gasteiger partial charge in [-0.3, -0.25) is 0 Å². The van der Waals surface area contributed by atoms with Crippen LogP contribution in [0.5, 0.6) is 0 Å². The van der Waals surface area contributed by atoms with Gasteiger partial charge in [-0.05, 0) is 55.3 Å². The van der Waals surface area contributed by atoms with Crippen LogP contribution >= 0.6 is 0 Å². The molecule has 0 spiro atoms. The maximum Gasteiger partial charge on any atom is 0.0571 e. The SMILES string of the molecule is CC(C)(C)C1CCC(C(O)CC2CCC2)CC1. The van der Waals surface area contributed by atoms with Gasteiger partial charge in [0, 0.05) is 0 Å². The maximum atomic E-state index is 10.3. The van der Waals surface area contributed by atoms with Gasteiger partial charge in [-0.2, -0.15) is 0 Å². The number of aliphatic hydroxyl groups excluding tert-OH is 1. The number of hydrogen-bond acceptors (Lipinski definition) is 1. The zero-order valence-electron chi connectivity index (χ0n) is 11.9. The molecule has 0 aromatic rings. The van der Waals surface area contributed by atoms with Crippen molar-refractivity contribution in [3.63, 3.8) is 0 Å². The topological polar surface area (TPSA) is 20.2 Å². The lowest BCUT2D eigenvalue weighted by Gasteiger charge is -2.39. The highest BCUT2D eigenvalue weighted by Gasteiger charge is 2.33. The van der Waals surface area contributed by atoms with Crippen molar-refractivity contribution in [3.8, 4) is 0 Å². The summed E-state index contributed by atoms with van der Waals surface area (Å²) in [6.45, 7) is 7.09. The van der Waals surface area contributed by atoms with Crippen LogP contribution in [-0.4, -0.2) is 11.2 Å².